The maximum absolute atomic E-state index is 11.9. The van der Waals surface area contributed by atoms with Gasteiger partial charge in [-0.05, 0) is 13.3 Å². The molecule has 0 unspecified atom stereocenters. The Bertz CT molecular complexity index is 427. The van der Waals surface area contributed by atoms with E-state index in [1.807, 2.05) is 0 Å². The van der Waals surface area contributed by atoms with Crippen LogP contribution in [0.15, 0.2) is 0 Å². The first-order valence-corrected chi connectivity index (χ1v) is 7.54. The van der Waals surface area contributed by atoms with E-state index in [-0.39, 0.29) is 5.97 Å². The van der Waals surface area contributed by atoms with E-state index in [4.69, 9.17) is 10.5 Å². The first kappa shape index (κ1) is 16.5. The molecule has 0 aliphatic heterocycles. The summed E-state index contributed by atoms with van der Waals surface area (Å²) in [5, 5.41) is 4.11. The largest absolute Gasteiger partial charge is 0.461 e. The summed E-state index contributed by atoms with van der Waals surface area (Å²) in [5.74, 6) is -0.378. The van der Waals surface area contributed by atoms with Gasteiger partial charge in [0, 0.05) is 7.05 Å². The summed E-state index contributed by atoms with van der Waals surface area (Å²) >= 11 is 0. The van der Waals surface area contributed by atoms with Gasteiger partial charge in [0.15, 0.2) is 5.69 Å². The number of carbonyl (C=O) groups is 1. The minimum atomic E-state index is -0.378. The lowest BCUT2D eigenvalue weighted by atomic mass is 10.1. The number of carbonyl (C=O) groups excluding carboxylic acids is 1. The molecule has 0 aliphatic carbocycles. The summed E-state index contributed by atoms with van der Waals surface area (Å²) in [6.45, 7) is 4.45. The molecule has 0 spiro atoms. The average Bonchev–Trinajstić information content (AvgIpc) is 2.66. The van der Waals surface area contributed by atoms with Gasteiger partial charge in [0.2, 0.25) is 0 Å². The number of ether oxygens (including phenoxy) is 1. The fourth-order valence-corrected chi connectivity index (χ4v) is 2.21. The molecule has 1 rings (SSSR count). The molecular weight excluding hydrogens is 254 g/mol. The second kappa shape index (κ2) is 8.61. The second-order valence-corrected chi connectivity index (χ2v) is 5.23. The SMILES string of the molecule is CCCCCCCCCOC(=O)c1c(N)c(C)nn1C. The molecule has 1 heterocycles. The highest BCUT2D eigenvalue weighted by Gasteiger charge is 2.18. The van der Waals surface area contributed by atoms with Gasteiger partial charge in [0.05, 0.1) is 18.0 Å². The van der Waals surface area contributed by atoms with Gasteiger partial charge < -0.3 is 10.5 Å². The van der Waals surface area contributed by atoms with Crippen molar-refractivity contribution in [3.8, 4) is 0 Å². The first-order valence-electron chi connectivity index (χ1n) is 7.54. The number of aromatic nitrogens is 2. The van der Waals surface area contributed by atoms with Gasteiger partial charge in [0.1, 0.15) is 0 Å². The highest BCUT2D eigenvalue weighted by atomic mass is 16.5. The molecule has 0 aliphatic rings. The topological polar surface area (TPSA) is 70.1 Å². The molecule has 0 amide bonds. The van der Waals surface area contributed by atoms with Gasteiger partial charge in [-0.3, -0.25) is 4.68 Å². The van der Waals surface area contributed by atoms with Crippen LogP contribution in [0.25, 0.3) is 0 Å². The summed E-state index contributed by atoms with van der Waals surface area (Å²) in [4.78, 5) is 11.9. The van der Waals surface area contributed by atoms with Crippen LogP contribution in [0, 0.1) is 6.92 Å². The normalized spacial score (nSPS) is 10.8. The molecule has 0 fully saturated rings. The maximum atomic E-state index is 11.9. The number of aryl methyl sites for hydroxylation is 2. The number of rotatable bonds is 9. The third-order valence-corrected chi connectivity index (χ3v) is 3.44. The third kappa shape index (κ3) is 4.87. The van der Waals surface area contributed by atoms with Crippen molar-refractivity contribution in [2.75, 3.05) is 12.3 Å². The van der Waals surface area contributed by atoms with Gasteiger partial charge in [-0.25, -0.2) is 4.79 Å². The molecule has 1 aromatic rings. The Morgan fingerprint density at radius 2 is 1.80 bits per heavy atom. The Labute approximate surface area is 121 Å². The number of hydrogen-bond donors (Lipinski definition) is 1. The van der Waals surface area contributed by atoms with Crippen molar-refractivity contribution in [2.45, 2.75) is 58.8 Å². The maximum Gasteiger partial charge on any atom is 0.358 e. The number of nitrogen functional groups attached to an aromatic ring is 1. The fourth-order valence-electron chi connectivity index (χ4n) is 2.21. The zero-order valence-electron chi connectivity index (χ0n) is 12.9. The van der Waals surface area contributed by atoms with E-state index < -0.39 is 0 Å². The summed E-state index contributed by atoms with van der Waals surface area (Å²) < 4.78 is 6.73. The van der Waals surface area contributed by atoms with Crippen LogP contribution in [0.4, 0.5) is 5.69 Å². The smallest absolute Gasteiger partial charge is 0.358 e. The molecule has 1 aromatic heterocycles. The second-order valence-electron chi connectivity index (χ2n) is 5.23. The lowest BCUT2D eigenvalue weighted by Gasteiger charge is -2.06. The van der Waals surface area contributed by atoms with Crippen molar-refractivity contribution in [2.24, 2.45) is 7.05 Å². The molecule has 0 radical (unpaired) electrons. The van der Waals surface area contributed by atoms with E-state index in [1.54, 1.807) is 14.0 Å². The van der Waals surface area contributed by atoms with Gasteiger partial charge >= 0.3 is 5.97 Å². The lowest BCUT2D eigenvalue weighted by molar-refractivity contribution is 0.0486. The highest BCUT2D eigenvalue weighted by molar-refractivity contribution is 5.93. The Kier molecular flexibility index (Phi) is 7.12. The molecule has 0 saturated heterocycles. The zero-order chi connectivity index (χ0) is 15.0. The Balaban J connectivity index is 2.20. The van der Waals surface area contributed by atoms with Gasteiger partial charge in [-0.2, -0.15) is 5.10 Å². The summed E-state index contributed by atoms with van der Waals surface area (Å²) in [6, 6.07) is 0. The van der Waals surface area contributed by atoms with Crippen molar-refractivity contribution in [3.63, 3.8) is 0 Å². The number of nitrogens with two attached hydrogens (primary N) is 1. The number of nitrogens with zero attached hydrogens (tertiary/aromatic N) is 2. The molecular formula is C15H27N3O2. The Morgan fingerprint density at radius 1 is 1.20 bits per heavy atom. The van der Waals surface area contributed by atoms with Crippen LogP contribution in [0.3, 0.4) is 0 Å². The van der Waals surface area contributed by atoms with E-state index in [1.165, 1.54) is 36.8 Å². The van der Waals surface area contributed by atoms with E-state index in [0.717, 1.165) is 12.8 Å². The van der Waals surface area contributed by atoms with Crippen LogP contribution in [0.2, 0.25) is 0 Å². The number of esters is 1. The Morgan fingerprint density at radius 3 is 2.35 bits per heavy atom. The predicted octanol–water partition coefficient (Wildman–Crippen LogP) is 3.22. The van der Waals surface area contributed by atoms with Gasteiger partial charge in [-0.1, -0.05) is 45.4 Å². The van der Waals surface area contributed by atoms with Crippen molar-refractivity contribution in [1.82, 2.24) is 9.78 Å². The van der Waals surface area contributed by atoms with E-state index in [0.29, 0.717) is 23.7 Å². The third-order valence-electron chi connectivity index (χ3n) is 3.44. The van der Waals surface area contributed by atoms with Crippen molar-refractivity contribution in [3.05, 3.63) is 11.4 Å². The van der Waals surface area contributed by atoms with Gasteiger partial charge in [0.25, 0.3) is 0 Å². The summed E-state index contributed by atoms with van der Waals surface area (Å²) in [5.41, 5.74) is 7.25. The van der Waals surface area contributed by atoms with Crippen LogP contribution in [-0.2, 0) is 11.8 Å². The van der Waals surface area contributed by atoms with Crippen LogP contribution in [0.1, 0.15) is 68.1 Å². The van der Waals surface area contributed by atoms with Crippen LogP contribution in [0.5, 0.6) is 0 Å². The first-order chi connectivity index (χ1) is 9.57. The number of anilines is 1. The number of unbranched alkanes of at least 4 members (excludes halogenated alkanes) is 6. The van der Waals surface area contributed by atoms with Crippen LogP contribution >= 0.6 is 0 Å². The van der Waals surface area contributed by atoms with E-state index >= 15 is 0 Å². The van der Waals surface area contributed by atoms with Gasteiger partial charge in [-0.15, -0.1) is 0 Å². The van der Waals surface area contributed by atoms with Crippen molar-refractivity contribution in [1.29, 1.82) is 0 Å². The predicted molar refractivity (Wildman–Crippen MR) is 80.6 cm³/mol. The average molecular weight is 281 g/mol. The summed E-state index contributed by atoms with van der Waals surface area (Å²) in [7, 11) is 1.70. The van der Waals surface area contributed by atoms with Crippen molar-refractivity contribution >= 4 is 11.7 Å². The highest BCUT2D eigenvalue weighted by Crippen LogP contribution is 2.16. The molecule has 5 nitrogen and oxygen atoms in total. The molecule has 0 bridgehead atoms. The minimum Gasteiger partial charge on any atom is -0.461 e. The molecule has 2 N–H and O–H groups in total. The Hall–Kier alpha value is -1.52. The summed E-state index contributed by atoms with van der Waals surface area (Å²) in [6.07, 6.45) is 8.39. The van der Waals surface area contributed by atoms with Crippen LogP contribution in [-0.4, -0.2) is 22.4 Å². The molecule has 0 saturated carbocycles. The van der Waals surface area contributed by atoms with Crippen molar-refractivity contribution < 1.29 is 9.53 Å². The molecule has 20 heavy (non-hydrogen) atoms. The van der Waals surface area contributed by atoms with Crippen LogP contribution < -0.4 is 5.73 Å². The zero-order valence-corrected chi connectivity index (χ0v) is 12.9. The number of hydrogen-bond acceptors (Lipinski definition) is 4. The minimum absolute atomic E-state index is 0.352. The fraction of sp³-hybridized carbons (Fsp3) is 0.733. The van der Waals surface area contributed by atoms with E-state index in [2.05, 4.69) is 12.0 Å². The standard InChI is InChI=1S/C15H27N3O2/c1-4-5-6-7-8-9-10-11-20-15(19)14-13(16)12(2)17-18(14)3/h4-11,16H2,1-3H3. The molecule has 0 atom stereocenters. The molecule has 114 valence electrons. The molecule has 5 heteroatoms. The monoisotopic (exact) mass is 281 g/mol. The quantitative estimate of drug-likeness (QED) is 0.557. The van der Waals surface area contributed by atoms with E-state index in [9.17, 15) is 4.79 Å². The molecule has 0 aromatic carbocycles. The lowest BCUT2D eigenvalue weighted by Crippen LogP contribution is -2.13.